The summed E-state index contributed by atoms with van der Waals surface area (Å²) in [7, 11) is 0. The Bertz CT molecular complexity index is 396. The third-order valence-electron chi connectivity index (χ3n) is 6.29. The molecular formula is C19H37Cl2N3O. The SMILES string of the molecule is Cl.Cl.NC1(C(=O)N2CCCN(CC3CCCCC3)CC2)CCCCC1. The summed E-state index contributed by atoms with van der Waals surface area (Å²) in [5.41, 5.74) is 5.90. The molecule has 0 bridgehead atoms. The molecule has 0 aromatic rings. The highest BCUT2D eigenvalue weighted by Crippen LogP contribution is 2.28. The van der Waals surface area contributed by atoms with Gasteiger partial charge >= 0.3 is 0 Å². The van der Waals surface area contributed by atoms with Gasteiger partial charge in [-0.15, -0.1) is 24.8 Å². The van der Waals surface area contributed by atoms with E-state index in [-0.39, 0.29) is 30.7 Å². The molecule has 2 N–H and O–H groups in total. The number of nitrogens with two attached hydrogens (primary N) is 1. The predicted octanol–water partition coefficient (Wildman–Crippen LogP) is 3.61. The molecule has 0 radical (unpaired) electrons. The number of halogens is 2. The van der Waals surface area contributed by atoms with Gasteiger partial charge in [0.15, 0.2) is 0 Å². The van der Waals surface area contributed by atoms with Crippen LogP contribution < -0.4 is 5.73 Å². The molecule has 1 heterocycles. The van der Waals surface area contributed by atoms with Crippen molar-refractivity contribution in [1.82, 2.24) is 9.80 Å². The van der Waals surface area contributed by atoms with Crippen molar-refractivity contribution >= 4 is 30.7 Å². The van der Waals surface area contributed by atoms with Gasteiger partial charge in [-0.1, -0.05) is 38.5 Å². The van der Waals surface area contributed by atoms with Crippen LogP contribution >= 0.6 is 24.8 Å². The first-order chi connectivity index (χ1) is 11.2. The van der Waals surface area contributed by atoms with Gasteiger partial charge in [-0.2, -0.15) is 0 Å². The number of hydrogen-bond donors (Lipinski definition) is 1. The lowest BCUT2D eigenvalue weighted by atomic mass is 9.81. The third-order valence-corrected chi connectivity index (χ3v) is 6.29. The molecule has 0 atom stereocenters. The lowest BCUT2D eigenvalue weighted by Gasteiger charge is -2.36. The summed E-state index contributed by atoms with van der Waals surface area (Å²) < 4.78 is 0. The summed E-state index contributed by atoms with van der Waals surface area (Å²) in [4.78, 5) is 17.6. The fourth-order valence-electron chi connectivity index (χ4n) is 4.80. The predicted molar refractivity (Wildman–Crippen MR) is 109 cm³/mol. The quantitative estimate of drug-likeness (QED) is 0.796. The van der Waals surface area contributed by atoms with Crippen LogP contribution in [0.2, 0.25) is 0 Å². The molecule has 3 rings (SSSR count). The third kappa shape index (κ3) is 6.27. The Morgan fingerprint density at radius 1 is 0.840 bits per heavy atom. The summed E-state index contributed by atoms with van der Waals surface area (Å²) in [6.07, 6.45) is 13.4. The largest absolute Gasteiger partial charge is 0.340 e. The zero-order chi connectivity index (χ0) is 16.1. The number of carbonyl (C=O) groups excluding carboxylic acids is 1. The van der Waals surface area contributed by atoms with Gasteiger partial charge < -0.3 is 15.5 Å². The minimum Gasteiger partial charge on any atom is -0.340 e. The zero-order valence-electron chi connectivity index (χ0n) is 15.6. The minimum absolute atomic E-state index is 0. The van der Waals surface area contributed by atoms with E-state index in [0.717, 1.165) is 64.2 Å². The molecule has 2 aliphatic carbocycles. The molecule has 0 unspecified atom stereocenters. The summed E-state index contributed by atoms with van der Waals surface area (Å²) >= 11 is 0. The highest BCUT2D eigenvalue weighted by molar-refractivity contribution is 5.86. The molecule has 1 saturated heterocycles. The van der Waals surface area contributed by atoms with Crippen LogP contribution in [-0.2, 0) is 4.79 Å². The van der Waals surface area contributed by atoms with Crippen molar-refractivity contribution in [2.24, 2.45) is 11.7 Å². The molecule has 3 aliphatic rings. The lowest BCUT2D eigenvalue weighted by Crippen LogP contribution is -2.56. The Morgan fingerprint density at radius 3 is 2.16 bits per heavy atom. The van der Waals surface area contributed by atoms with E-state index >= 15 is 0 Å². The molecule has 2 saturated carbocycles. The van der Waals surface area contributed by atoms with Gasteiger partial charge in [-0.3, -0.25) is 4.79 Å². The van der Waals surface area contributed by atoms with Crippen LogP contribution in [0.1, 0.15) is 70.6 Å². The Labute approximate surface area is 166 Å². The average molecular weight is 394 g/mol. The topological polar surface area (TPSA) is 49.6 Å². The first-order valence-corrected chi connectivity index (χ1v) is 9.98. The van der Waals surface area contributed by atoms with Crippen molar-refractivity contribution in [3.63, 3.8) is 0 Å². The highest BCUT2D eigenvalue weighted by Gasteiger charge is 2.38. The fourth-order valence-corrected chi connectivity index (χ4v) is 4.80. The maximum Gasteiger partial charge on any atom is 0.242 e. The Hall–Kier alpha value is -0.0300. The van der Waals surface area contributed by atoms with Gasteiger partial charge in [-0.25, -0.2) is 0 Å². The maximum absolute atomic E-state index is 12.9. The van der Waals surface area contributed by atoms with E-state index in [1.807, 2.05) is 0 Å². The van der Waals surface area contributed by atoms with E-state index in [1.165, 1.54) is 45.1 Å². The van der Waals surface area contributed by atoms with Crippen molar-refractivity contribution in [2.45, 2.75) is 76.2 Å². The molecular weight excluding hydrogens is 357 g/mol. The van der Waals surface area contributed by atoms with Gasteiger partial charge in [0.05, 0.1) is 5.54 Å². The lowest BCUT2D eigenvalue weighted by molar-refractivity contribution is -0.138. The second-order valence-electron chi connectivity index (χ2n) is 8.17. The summed E-state index contributed by atoms with van der Waals surface area (Å²) in [6.45, 7) is 5.22. The van der Waals surface area contributed by atoms with Gasteiger partial charge in [0, 0.05) is 26.2 Å². The van der Waals surface area contributed by atoms with E-state index in [9.17, 15) is 4.79 Å². The van der Waals surface area contributed by atoms with E-state index < -0.39 is 5.54 Å². The smallest absolute Gasteiger partial charge is 0.242 e. The number of amides is 1. The molecule has 0 spiro atoms. The van der Waals surface area contributed by atoms with Gasteiger partial charge in [0.25, 0.3) is 0 Å². The standard InChI is InChI=1S/C19H35N3O.2ClH/c20-19(10-5-2-6-11-19)18(23)22-13-7-12-21(14-15-22)16-17-8-3-1-4-9-17;;/h17H,1-16,20H2;2*1H. The minimum atomic E-state index is -0.559. The Kier molecular flexibility index (Phi) is 10.1. The molecule has 0 aromatic carbocycles. The van der Waals surface area contributed by atoms with Crippen LogP contribution in [0, 0.1) is 5.92 Å². The van der Waals surface area contributed by atoms with E-state index in [2.05, 4.69) is 9.80 Å². The molecule has 3 fully saturated rings. The summed E-state index contributed by atoms with van der Waals surface area (Å²) in [5, 5.41) is 0. The monoisotopic (exact) mass is 393 g/mol. The van der Waals surface area contributed by atoms with Crippen molar-refractivity contribution in [3.8, 4) is 0 Å². The highest BCUT2D eigenvalue weighted by atomic mass is 35.5. The molecule has 1 aliphatic heterocycles. The molecule has 25 heavy (non-hydrogen) atoms. The van der Waals surface area contributed by atoms with Crippen LogP contribution in [0.5, 0.6) is 0 Å². The van der Waals surface area contributed by atoms with Gasteiger partial charge in [-0.05, 0) is 44.6 Å². The summed E-state index contributed by atoms with van der Waals surface area (Å²) in [6, 6.07) is 0. The summed E-state index contributed by atoms with van der Waals surface area (Å²) in [5.74, 6) is 1.13. The molecule has 6 heteroatoms. The molecule has 148 valence electrons. The number of carbonyl (C=O) groups is 1. The van der Waals surface area contributed by atoms with Crippen molar-refractivity contribution < 1.29 is 4.79 Å². The maximum atomic E-state index is 12.9. The average Bonchev–Trinajstić information content (AvgIpc) is 2.81. The number of hydrogen-bond acceptors (Lipinski definition) is 3. The van der Waals surface area contributed by atoms with Gasteiger partial charge in [0.2, 0.25) is 5.91 Å². The van der Waals surface area contributed by atoms with Crippen molar-refractivity contribution in [1.29, 1.82) is 0 Å². The van der Waals surface area contributed by atoms with Crippen LogP contribution in [-0.4, -0.2) is 54.0 Å². The fraction of sp³-hybridized carbons (Fsp3) is 0.947. The van der Waals surface area contributed by atoms with E-state index in [1.54, 1.807) is 0 Å². The number of nitrogens with zero attached hydrogens (tertiary/aromatic N) is 2. The van der Waals surface area contributed by atoms with Crippen LogP contribution in [0.3, 0.4) is 0 Å². The first kappa shape index (κ1) is 23.0. The Morgan fingerprint density at radius 2 is 1.48 bits per heavy atom. The zero-order valence-corrected chi connectivity index (χ0v) is 17.2. The van der Waals surface area contributed by atoms with Crippen LogP contribution in [0.25, 0.3) is 0 Å². The van der Waals surface area contributed by atoms with Gasteiger partial charge in [0.1, 0.15) is 0 Å². The molecule has 1 amide bonds. The van der Waals surface area contributed by atoms with Crippen LogP contribution in [0.4, 0.5) is 0 Å². The van der Waals surface area contributed by atoms with E-state index in [0.29, 0.717) is 0 Å². The normalized spacial score (nSPS) is 25.4. The second-order valence-corrected chi connectivity index (χ2v) is 8.17. The van der Waals surface area contributed by atoms with E-state index in [4.69, 9.17) is 5.73 Å². The molecule has 4 nitrogen and oxygen atoms in total. The van der Waals surface area contributed by atoms with Crippen LogP contribution in [0.15, 0.2) is 0 Å². The first-order valence-electron chi connectivity index (χ1n) is 9.98. The van der Waals surface area contributed by atoms with Crippen molar-refractivity contribution in [3.05, 3.63) is 0 Å². The van der Waals surface area contributed by atoms with Crippen molar-refractivity contribution in [2.75, 3.05) is 32.7 Å². The number of rotatable bonds is 3. The molecule has 0 aromatic heterocycles. The second kappa shape index (κ2) is 11.0. The Balaban J connectivity index is 0.00000156.